The number of nitrogens with zero attached hydrogens (tertiary/aromatic N) is 3. The first-order chi connectivity index (χ1) is 13.7. The fourth-order valence-corrected chi connectivity index (χ4v) is 4.37. The fourth-order valence-electron chi connectivity index (χ4n) is 4.37. The second-order valence-corrected chi connectivity index (χ2v) is 9.36. The van der Waals surface area contributed by atoms with Crippen molar-refractivity contribution in [2.24, 2.45) is 11.8 Å². The maximum absolute atomic E-state index is 12.9. The van der Waals surface area contributed by atoms with Crippen LogP contribution in [0.5, 0.6) is 0 Å². The van der Waals surface area contributed by atoms with Crippen molar-refractivity contribution in [3.05, 3.63) is 35.9 Å². The molecular formula is C23H33N3O3. The van der Waals surface area contributed by atoms with Gasteiger partial charge in [0, 0.05) is 51.1 Å². The predicted octanol–water partition coefficient (Wildman–Crippen LogP) is 2.53. The molecular weight excluding hydrogens is 366 g/mol. The van der Waals surface area contributed by atoms with Gasteiger partial charge in [-0.25, -0.2) is 0 Å². The maximum Gasteiger partial charge on any atom is 0.227 e. The SMILES string of the molecule is CN(Cc1ccccc1)C(=O)C1CCN(C(=O)C2CC(=O)N(C(C)(C)C)C2)CC1. The molecule has 1 atom stereocenters. The second-order valence-electron chi connectivity index (χ2n) is 9.36. The third kappa shape index (κ3) is 4.98. The van der Waals surface area contributed by atoms with E-state index in [1.807, 2.05) is 68.0 Å². The molecule has 2 fully saturated rings. The topological polar surface area (TPSA) is 60.9 Å². The van der Waals surface area contributed by atoms with E-state index in [0.29, 0.717) is 45.4 Å². The molecule has 1 aromatic carbocycles. The zero-order valence-corrected chi connectivity index (χ0v) is 18.1. The number of rotatable bonds is 4. The Hall–Kier alpha value is -2.37. The summed E-state index contributed by atoms with van der Waals surface area (Å²) in [5.74, 6) is -0.0215. The Balaban J connectivity index is 1.50. The molecule has 0 spiro atoms. The van der Waals surface area contributed by atoms with Crippen LogP contribution in [0.3, 0.4) is 0 Å². The van der Waals surface area contributed by atoms with Gasteiger partial charge in [-0.1, -0.05) is 30.3 Å². The zero-order valence-electron chi connectivity index (χ0n) is 18.1. The van der Waals surface area contributed by atoms with E-state index in [1.54, 1.807) is 4.90 Å². The predicted molar refractivity (Wildman–Crippen MR) is 112 cm³/mol. The number of likely N-dealkylation sites (tertiary alicyclic amines) is 2. The number of piperidine rings is 1. The van der Waals surface area contributed by atoms with Crippen molar-refractivity contribution in [2.75, 3.05) is 26.7 Å². The molecule has 3 amide bonds. The Morgan fingerprint density at radius 3 is 2.24 bits per heavy atom. The molecule has 29 heavy (non-hydrogen) atoms. The summed E-state index contributed by atoms with van der Waals surface area (Å²) >= 11 is 0. The van der Waals surface area contributed by atoms with Crippen LogP contribution in [0.1, 0.15) is 45.6 Å². The van der Waals surface area contributed by atoms with Crippen molar-refractivity contribution in [2.45, 2.75) is 52.1 Å². The van der Waals surface area contributed by atoms with Crippen LogP contribution >= 0.6 is 0 Å². The van der Waals surface area contributed by atoms with E-state index in [9.17, 15) is 14.4 Å². The molecule has 158 valence electrons. The lowest BCUT2D eigenvalue weighted by Crippen LogP contribution is -2.46. The molecule has 2 aliphatic heterocycles. The lowest BCUT2D eigenvalue weighted by atomic mass is 9.94. The summed E-state index contributed by atoms with van der Waals surface area (Å²) in [5.41, 5.74) is 0.861. The summed E-state index contributed by atoms with van der Waals surface area (Å²) in [7, 11) is 1.85. The van der Waals surface area contributed by atoms with Gasteiger partial charge in [-0.15, -0.1) is 0 Å². The maximum atomic E-state index is 12.9. The summed E-state index contributed by atoms with van der Waals surface area (Å²) in [6.45, 7) is 8.29. The number of amides is 3. The van der Waals surface area contributed by atoms with Crippen LogP contribution < -0.4 is 0 Å². The average Bonchev–Trinajstić information content (AvgIpc) is 3.10. The van der Waals surface area contributed by atoms with Gasteiger partial charge in [0.2, 0.25) is 17.7 Å². The third-order valence-electron chi connectivity index (χ3n) is 6.08. The Morgan fingerprint density at radius 1 is 1.07 bits per heavy atom. The van der Waals surface area contributed by atoms with Crippen molar-refractivity contribution < 1.29 is 14.4 Å². The summed E-state index contributed by atoms with van der Waals surface area (Å²) in [4.78, 5) is 43.5. The molecule has 6 heteroatoms. The molecule has 0 saturated carbocycles. The highest BCUT2D eigenvalue weighted by Crippen LogP contribution is 2.29. The number of hydrogen-bond donors (Lipinski definition) is 0. The second kappa shape index (κ2) is 8.56. The highest BCUT2D eigenvalue weighted by atomic mass is 16.2. The lowest BCUT2D eigenvalue weighted by Gasteiger charge is -2.35. The fraction of sp³-hybridized carbons (Fsp3) is 0.609. The number of carbonyl (C=O) groups is 3. The van der Waals surface area contributed by atoms with E-state index in [4.69, 9.17) is 0 Å². The van der Waals surface area contributed by atoms with Crippen molar-refractivity contribution in [1.29, 1.82) is 0 Å². The largest absolute Gasteiger partial charge is 0.342 e. The highest BCUT2D eigenvalue weighted by Gasteiger charge is 2.41. The monoisotopic (exact) mass is 399 g/mol. The first-order valence-electron chi connectivity index (χ1n) is 10.5. The summed E-state index contributed by atoms with van der Waals surface area (Å²) in [5, 5.41) is 0. The van der Waals surface area contributed by atoms with E-state index < -0.39 is 0 Å². The standard InChI is InChI=1S/C23H33N3O3/c1-23(2,3)26-16-19(14-20(26)27)22(29)25-12-10-18(11-13-25)21(28)24(4)15-17-8-6-5-7-9-17/h5-9,18-19H,10-16H2,1-4H3. The summed E-state index contributed by atoms with van der Waals surface area (Å²) in [6, 6.07) is 9.97. The van der Waals surface area contributed by atoms with Crippen LogP contribution in [0.2, 0.25) is 0 Å². The Labute approximate surface area is 173 Å². The van der Waals surface area contributed by atoms with Gasteiger partial charge in [-0.05, 0) is 39.2 Å². The van der Waals surface area contributed by atoms with Crippen molar-refractivity contribution in [1.82, 2.24) is 14.7 Å². The molecule has 0 bridgehead atoms. The van der Waals surface area contributed by atoms with E-state index in [1.165, 1.54) is 0 Å². The Kier molecular flexibility index (Phi) is 6.30. The molecule has 6 nitrogen and oxygen atoms in total. The van der Waals surface area contributed by atoms with E-state index in [-0.39, 0.29) is 35.1 Å². The van der Waals surface area contributed by atoms with Crippen LogP contribution in [0.15, 0.2) is 30.3 Å². The lowest BCUT2D eigenvalue weighted by molar-refractivity contribution is -0.142. The van der Waals surface area contributed by atoms with Crippen LogP contribution in [-0.4, -0.2) is 64.6 Å². The quantitative estimate of drug-likeness (QED) is 0.782. The summed E-state index contributed by atoms with van der Waals surface area (Å²) < 4.78 is 0. The molecule has 2 heterocycles. The minimum atomic E-state index is -0.255. The average molecular weight is 400 g/mol. The van der Waals surface area contributed by atoms with Crippen LogP contribution in [0, 0.1) is 11.8 Å². The normalized spacial score (nSPS) is 20.8. The van der Waals surface area contributed by atoms with Crippen molar-refractivity contribution >= 4 is 17.7 Å². The molecule has 2 saturated heterocycles. The molecule has 0 N–H and O–H groups in total. The van der Waals surface area contributed by atoms with Gasteiger partial charge < -0.3 is 14.7 Å². The first kappa shape index (κ1) is 21.3. The Bertz CT molecular complexity index is 748. The van der Waals surface area contributed by atoms with Gasteiger partial charge in [0.05, 0.1) is 5.92 Å². The first-order valence-corrected chi connectivity index (χ1v) is 10.5. The molecule has 0 aliphatic carbocycles. The molecule has 0 aromatic heterocycles. The number of benzene rings is 1. The smallest absolute Gasteiger partial charge is 0.227 e. The zero-order chi connectivity index (χ0) is 21.2. The van der Waals surface area contributed by atoms with Crippen molar-refractivity contribution in [3.63, 3.8) is 0 Å². The van der Waals surface area contributed by atoms with E-state index >= 15 is 0 Å². The van der Waals surface area contributed by atoms with Gasteiger partial charge in [0.25, 0.3) is 0 Å². The number of carbonyl (C=O) groups excluding carboxylic acids is 3. The third-order valence-corrected chi connectivity index (χ3v) is 6.08. The minimum Gasteiger partial charge on any atom is -0.342 e. The van der Waals surface area contributed by atoms with Gasteiger partial charge in [-0.3, -0.25) is 14.4 Å². The molecule has 2 aliphatic rings. The molecule has 1 aromatic rings. The van der Waals surface area contributed by atoms with Crippen LogP contribution in [0.25, 0.3) is 0 Å². The Morgan fingerprint density at radius 2 is 1.69 bits per heavy atom. The minimum absolute atomic E-state index is 0.0379. The molecule has 1 unspecified atom stereocenters. The van der Waals surface area contributed by atoms with Crippen LogP contribution in [0.4, 0.5) is 0 Å². The highest BCUT2D eigenvalue weighted by molar-refractivity contribution is 5.90. The van der Waals surface area contributed by atoms with E-state index in [2.05, 4.69) is 0 Å². The summed E-state index contributed by atoms with van der Waals surface area (Å²) in [6.07, 6.45) is 1.68. The van der Waals surface area contributed by atoms with Crippen LogP contribution in [-0.2, 0) is 20.9 Å². The van der Waals surface area contributed by atoms with Gasteiger partial charge in [-0.2, -0.15) is 0 Å². The van der Waals surface area contributed by atoms with Gasteiger partial charge >= 0.3 is 0 Å². The number of hydrogen-bond acceptors (Lipinski definition) is 3. The van der Waals surface area contributed by atoms with Crippen molar-refractivity contribution in [3.8, 4) is 0 Å². The van der Waals surface area contributed by atoms with Gasteiger partial charge in [0.1, 0.15) is 0 Å². The molecule has 3 rings (SSSR count). The molecule has 0 radical (unpaired) electrons. The van der Waals surface area contributed by atoms with Gasteiger partial charge in [0.15, 0.2) is 0 Å². The van der Waals surface area contributed by atoms with E-state index in [0.717, 1.165) is 5.56 Å².